The number of halogens is 1. The van der Waals surface area contributed by atoms with E-state index in [-0.39, 0.29) is 6.04 Å². The molecule has 2 rings (SSSR count). The third kappa shape index (κ3) is 2.11. The Morgan fingerprint density at radius 1 is 1.50 bits per heavy atom. The molecule has 1 atom stereocenters. The minimum absolute atomic E-state index is 0.265. The second-order valence-electron chi connectivity index (χ2n) is 4.27. The van der Waals surface area contributed by atoms with E-state index in [2.05, 4.69) is 11.0 Å². The van der Waals surface area contributed by atoms with Crippen LogP contribution in [0.2, 0.25) is 5.02 Å². The maximum absolute atomic E-state index is 6.08. The van der Waals surface area contributed by atoms with Crippen LogP contribution < -0.4 is 15.4 Å². The van der Waals surface area contributed by atoms with Crippen LogP contribution in [0.3, 0.4) is 0 Å². The molecule has 1 heterocycles. The Bertz CT molecular complexity index is 395. The second-order valence-corrected chi connectivity index (χ2v) is 4.68. The lowest BCUT2D eigenvalue weighted by Gasteiger charge is -2.21. The van der Waals surface area contributed by atoms with Crippen molar-refractivity contribution in [3.8, 4) is 5.75 Å². The summed E-state index contributed by atoms with van der Waals surface area (Å²) in [4.78, 5) is 2.26. The van der Waals surface area contributed by atoms with Crippen molar-refractivity contribution in [2.24, 2.45) is 5.73 Å². The van der Waals surface area contributed by atoms with E-state index in [1.807, 2.05) is 13.0 Å². The van der Waals surface area contributed by atoms with Gasteiger partial charge in [0.15, 0.2) is 0 Å². The minimum atomic E-state index is 0.265. The Labute approximate surface area is 101 Å². The van der Waals surface area contributed by atoms with Gasteiger partial charge in [-0.2, -0.15) is 0 Å². The monoisotopic (exact) mass is 240 g/mol. The molecule has 0 radical (unpaired) electrons. The molecule has 0 bridgehead atoms. The highest BCUT2D eigenvalue weighted by Crippen LogP contribution is 2.35. The Balaban J connectivity index is 2.35. The van der Waals surface area contributed by atoms with Gasteiger partial charge in [0.2, 0.25) is 0 Å². The molecule has 1 aromatic rings. The molecule has 16 heavy (non-hydrogen) atoms. The summed E-state index contributed by atoms with van der Waals surface area (Å²) >= 11 is 6.08. The topological polar surface area (TPSA) is 38.5 Å². The van der Waals surface area contributed by atoms with Gasteiger partial charge in [0.05, 0.1) is 12.8 Å². The lowest BCUT2D eigenvalue weighted by molar-refractivity contribution is 0.415. The number of hydrogen-bond acceptors (Lipinski definition) is 3. The van der Waals surface area contributed by atoms with E-state index in [1.165, 1.54) is 0 Å². The predicted molar refractivity (Wildman–Crippen MR) is 67.5 cm³/mol. The fourth-order valence-corrected chi connectivity index (χ4v) is 2.22. The standard InChI is InChI=1S/C12H17ClN2O/c1-8-5-11(12(16-2)6-10(8)13)15-4-3-9(14)7-15/h5-6,9H,3-4,7,14H2,1-2H3. The highest BCUT2D eigenvalue weighted by molar-refractivity contribution is 6.31. The molecule has 0 saturated carbocycles. The molecule has 2 N–H and O–H groups in total. The minimum Gasteiger partial charge on any atom is -0.495 e. The molecule has 1 saturated heterocycles. The van der Waals surface area contributed by atoms with E-state index in [1.54, 1.807) is 7.11 Å². The van der Waals surface area contributed by atoms with Crippen molar-refractivity contribution in [2.45, 2.75) is 19.4 Å². The molecule has 3 nitrogen and oxygen atoms in total. The number of aryl methyl sites for hydroxylation is 1. The first-order valence-corrected chi connectivity index (χ1v) is 5.84. The SMILES string of the molecule is COc1cc(Cl)c(C)cc1N1CCC(N)C1. The number of rotatable bonds is 2. The molecule has 88 valence electrons. The summed E-state index contributed by atoms with van der Waals surface area (Å²) in [5.74, 6) is 0.824. The van der Waals surface area contributed by atoms with E-state index >= 15 is 0 Å². The van der Waals surface area contributed by atoms with Crippen molar-refractivity contribution in [3.05, 3.63) is 22.7 Å². The Hall–Kier alpha value is -0.930. The molecule has 0 amide bonds. The first kappa shape index (κ1) is 11.6. The summed E-state index contributed by atoms with van der Waals surface area (Å²) in [5.41, 5.74) is 8.08. The number of anilines is 1. The lowest BCUT2D eigenvalue weighted by Crippen LogP contribution is -2.26. The molecule has 1 unspecified atom stereocenters. The third-order valence-electron chi connectivity index (χ3n) is 3.03. The van der Waals surface area contributed by atoms with E-state index in [4.69, 9.17) is 22.1 Å². The number of benzene rings is 1. The van der Waals surface area contributed by atoms with Gasteiger partial charge in [0.1, 0.15) is 5.75 Å². The average molecular weight is 241 g/mol. The number of nitrogens with two attached hydrogens (primary N) is 1. The summed E-state index contributed by atoms with van der Waals surface area (Å²) in [5, 5.41) is 0.740. The van der Waals surface area contributed by atoms with E-state index in [0.29, 0.717) is 0 Å². The zero-order valence-electron chi connectivity index (χ0n) is 9.66. The van der Waals surface area contributed by atoms with E-state index < -0.39 is 0 Å². The molecule has 0 aliphatic carbocycles. The summed E-state index contributed by atoms with van der Waals surface area (Å²) in [6.45, 7) is 3.87. The highest BCUT2D eigenvalue weighted by atomic mass is 35.5. The second kappa shape index (κ2) is 4.52. The third-order valence-corrected chi connectivity index (χ3v) is 3.43. The first-order valence-electron chi connectivity index (χ1n) is 5.46. The van der Waals surface area contributed by atoms with Gasteiger partial charge in [0.25, 0.3) is 0 Å². The van der Waals surface area contributed by atoms with Gasteiger partial charge in [0, 0.05) is 30.2 Å². The van der Waals surface area contributed by atoms with Gasteiger partial charge in [-0.25, -0.2) is 0 Å². The van der Waals surface area contributed by atoms with Gasteiger partial charge in [-0.1, -0.05) is 11.6 Å². The van der Waals surface area contributed by atoms with Crippen LogP contribution in [-0.2, 0) is 0 Å². The van der Waals surface area contributed by atoms with Gasteiger partial charge in [-0.15, -0.1) is 0 Å². The quantitative estimate of drug-likeness (QED) is 0.861. The summed E-state index contributed by atoms with van der Waals surface area (Å²) in [7, 11) is 1.67. The van der Waals surface area contributed by atoms with Crippen LogP contribution in [0.1, 0.15) is 12.0 Å². The molecular weight excluding hydrogens is 224 g/mol. The van der Waals surface area contributed by atoms with Crippen molar-refractivity contribution in [1.82, 2.24) is 0 Å². The Morgan fingerprint density at radius 3 is 2.81 bits per heavy atom. The first-order chi connectivity index (χ1) is 7.61. The highest BCUT2D eigenvalue weighted by Gasteiger charge is 2.22. The summed E-state index contributed by atoms with van der Waals surface area (Å²) in [6, 6.07) is 4.20. The van der Waals surface area contributed by atoms with Crippen molar-refractivity contribution in [3.63, 3.8) is 0 Å². The lowest BCUT2D eigenvalue weighted by atomic mass is 10.2. The van der Waals surface area contributed by atoms with Gasteiger partial charge < -0.3 is 15.4 Å². The van der Waals surface area contributed by atoms with Crippen LogP contribution in [0.25, 0.3) is 0 Å². The van der Waals surface area contributed by atoms with E-state index in [0.717, 1.165) is 41.5 Å². The van der Waals surface area contributed by atoms with Crippen molar-refractivity contribution >= 4 is 17.3 Å². The van der Waals surface area contributed by atoms with Gasteiger partial charge in [-0.3, -0.25) is 0 Å². The molecule has 0 aromatic heterocycles. The largest absolute Gasteiger partial charge is 0.495 e. The maximum Gasteiger partial charge on any atom is 0.143 e. The Morgan fingerprint density at radius 2 is 2.25 bits per heavy atom. The van der Waals surface area contributed by atoms with Crippen LogP contribution in [-0.4, -0.2) is 26.2 Å². The average Bonchev–Trinajstić information content (AvgIpc) is 2.68. The number of hydrogen-bond donors (Lipinski definition) is 1. The van der Waals surface area contributed by atoms with Gasteiger partial charge in [-0.05, 0) is 25.0 Å². The predicted octanol–water partition coefficient (Wildman–Crippen LogP) is 2.19. The van der Waals surface area contributed by atoms with Crippen LogP contribution in [0.4, 0.5) is 5.69 Å². The normalized spacial score (nSPS) is 20.2. The molecule has 1 aliphatic heterocycles. The zero-order valence-corrected chi connectivity index (χ0v) is 10.4. The van der Waals surface area contributed by atoms with Crippen LogP contribution in [0, 0.1) is 6.92 Å². The number of methoxy groups -OCH3 is 1. The Kier molecular flexibility index (Phi) is 3.26. The fraction of sp³-hybridized carbons (Fsp3) is 0.500. The van der Waals surface area contributed by atoms with Crippen molar-refractivity contribution in [2.75, 3.05) is 25.1 Å². The number of nitrogens with zero attached hydrogens (tertiary/aromatic N) is 1. The van der Waals surface area contributed by atoms with Gasteiger partial charge >= 0.3 is 0 Å². The van der Waals surface area contributed by atoms with Crippen molar-refractivity contribution < 1.29 is 4.74 Å². The van der Waals surface area contributed by atoms with Crippen LogP contribution in [0.15, 0.2) is 12.1 Å². The van der Waals surface area contributed by atoms with Crippen LogP contribution >= 0.6 is 11.6 Å². The summed E-state index contributed by atoms with van der Waals surface area (Å²) in [6.07, 6.45) is 1.03. The molecule has 1 aromatic carbocycles. The molecule has 1 aliphatic rings. The van der Waals surface area contributed by atoms with E-state index in [9.17, 15) is 0 Å². The molecule has 4 heteroatoms. The summed E-state index contributed by atoms with van der Waals surface area (Å²) < 4.78 is 5.36. The number of ether oxygens (including phenoxy) is 1. The van der Waals surface area contributed by atoms with Crippen molar-refractivity contribution in [1.29, 1.82) is 0 Å². The molecule has 1 fully saturated rings. The van der Waals surface area contributed by atoms with Crippen LogP contribution in [0.5, 0.6) is 5.75 Å². The molecular formula is C12H17ClN2O. The maximum atomic E-state index is 6.08. The smallest absolute Gasteiger partial charge is 0.143 e. The molecule has 0 spiro atoms. The zero-order chi connectivity index (χ0) is 11.7. The fourth-order valence-electron chi connectivity index (χ4n) is 2.06.